The van der Waals surface area contributed by atoms with Crippen molar-refractivity contribution in [3.63, 3.8) is 0 Å². The molecule has 0 radical (unpaired) electrons. The average molecular weight is 233 g/mol. The molecule has 1 unspecified atom stereocenters. The van der Waals surface area contributed by atoms with Gasteiger partial charge in [-0.1, -0.05) is 35.5 Å². The average Bonchev–Trinajstić information content (AvgIpc) is 3.09. The van der Waals surface area contributed by atoms with Gasteiger partial charge in [0.05, 0.1) is 5.92 Å². The van der Waals surface area contributed by atoms with E-state index in [0.29, 0.717) is 6.54 Å². The summed E-state index contributed by atoms with van der Waals surface area (Å²) >= 11 is 0. The highest BCUT2D eigenvalue weighted by molar-refractivity contribution is 5.87. The molecule has 0 bridgehead atoms. The van der Waals surface area contributed by atoms with Gasteiger partial charge in [0.1, 0.15) is 5.84 Å². The Bertz CT molecular complexity index is 398. The van der Waals surface area contributed by atoms with Crippen LogP contribution in [0.4, 0.5) is 0 Å². The molecular weight excluding hydrogens is 214 g/mol. The maximum absolute atomic E-state index is 8.85. The Morgan fingerprint density at radius 3 is 2.65 bits per heavy atom. The van der Waals surface area contributed by atoms with Crippen LogP contribution in [-0.2, 0) is 0 Å². The van der Waals surface area contributed by atoms with Gasteiger partial charge in [0.25, 0.3) is 0 Å². The second kappa shape index (κ2) is 4.75. The predicted molar refractivity (Wildman–Crippen MR) is 68.2 cm³/mol. The van der Waals surface area contributed by atoms with Crippen molar-refractivity contribution in [3.8, 4) is 0 Å². The molecule has 4 N–H and O–H groups in total. The normalized spacial score (nSPS) is 19.9. The van der Waals surface area contributed by atoms with E-state index in [1.54, 1.807) is 0 Å². The summed E-state index contributed by atoms with van der Waals surface area (Å²) in [6.07, 6.45) is 2.40. The Balaban J connectivity index is 2.08. The zero-order valence-corrected chi connectivity index (χ0v) is 10.1. The lowest BCUT2D eigenvalue weighted by atomic mass is 9.97. The molecule has 4 nitrogen and oxygen atoms in total. The van der Waals surface area contributed by atoms with Crippen LogP contribution in [0.5, 0.6) is 0 Å². The van der Waals surface area contributed by atoms with Crippen molar-refractivity contribution in [2.75, 3.05) is 6.54 Å². The van der Waals surface area contributed by atoms with E-state index in [1.165, 1.54) is 12.8 Å². The first kappa shape index (κ1) is 11.9. The third kappa shape index (κ3) is 2.97. The maximum Gasteiger partial charge on any atom is 0.147 e. The quantitative estimate of drug-likeness (QED) is 0.313. The van der Waals surface area contributed by atoms with Crippen molar-refractivity contribution in [2.45, 2.75) is 31.2 Å². The molecule has 1 aliphatic rings. The minimum absolute atomic E-state index is 0.0707. The first-order valence-electron chi connectivity index (χ1n) is 5.92. The Kier molecular flexibility index (Phi) is 3.33. The minimum Gasteiger partial charge on any atom is -0.409 e. The zero-order valence-electron chi connectivity index (χ0n) is 10.1. The van der Waals surface area contributed by atoms with Gasteiger partial charge in [-0.3, -0.25) is 0 Å². The van der Waals surface area contributed by atoms with E-state index in [-0.39, 0.29) is 17.3 Å². The van der Waals surface area contributed by atoms with Crippen LogP contribution in [0.2, 0.25) is 0 Å². The summed E-state index contributed by atoms with van der Waals surface area (Å²) in [6, 6.07) is 9.89. The zero-order chi connectivity index (χ0) is 12.3. The van der Waals surface area contributed by atoms with Crippen LogP contribution >= 0.6 is 0 Å². The molecule has 4 heteroatoms. The van der Waals surface area contributed by atoms with Crippen LogP contribution < -0.4 is 11.1 Å². The molecule has 1 atom stereocenters. The van der Waals surface area contributed by atoms with Gasteiger partial charge in [0.15, 0.2) is 0 Å². The molecule has 0 heterocycles. The fraction of sp³-hybridized carbons (Fsp3) is 0.462. The number of nitrogens with one attached hydrogen (secondary N) is 1. The van der Waals surface area contributed by atoms with Crippen molar-refractivity contribution in [2.24, 2.45) is 10.9 Å². The summed E-state index contributed by atoms with van der Waals surface area (Å²) in [5.74, 6) is 0.187. The van der Waals surface area contributed by atoms with E-state index < -0.39 is 0 Å². The smallest absolute Gasteiger partial charge is 0.147 e. The molecule has 1 aliphatic carbocycles. The second-order valence-corrected chi connectivity index (χ2v) is 4.93. The molecule has 1 aromatic rings. The lowest BCUT2D eigenvalue weighted by Crippen LogP contribution is -2.37. The van der Waals surface area contributed by atoms with Crippen LogP contribution in [0.15, 0.2) is 35.5 Å². The molecular formula is C13H19N3O. The van der Waals surface area contributed by atoms with Crippen molar-refractivity contribution >= 4 is 5.84 Å². The van der Waals surface area contributed by atoms with E-state index in [9.17, 15) is 0 Å². The second-order valence-electron chi connectivity index (χ2n) is 4.93. The number of rotatable bonds is 5. The van der Waals surface area contributed by atoms with Gasteiger partial charge in [-0.15, -0.1) is 0 Å². The molecule has 2 rings (SSSR count). The van der Waals surface area contributed by atoms with Crippen molar-refractivity contribution in [3.05, 3.63) is 35.9 Å². The van der Waals surface area contributed by atoms with Gasteiger partial charge in [0, 0.05) is 12.1 Å². The summed E-state index contributed by atoms with van der Waals surface area (Å²) in [7, 11) is 0. The highest BCUT2D eigenvalue weighted by atomic mass is 16.4. The fourth-order valence-corrected chi connectivity index (χ4v) is 1.86. The van der Waals surface area contributed by atoms with E-state index in [4.69, 9.17) is 10.9 Å². The number of hydrogen-bond acceptors (Lipinski definition) is 3. The third-order valence-electron chi connectivity index (χ3n) is 3.41. The number of amidine groups is 1. The Hall–Kier alpha value is -1.55. The van der Waals surface area contributed by atoms with Crippen LogP contribution in [0.1, 0.15) is 31.2 Å². The number of hydrogen-bond donors (Lipinski definition) is 3. The van der Waals surface area contributed by atoms with Gasteiger partial charge in [-0.2, -0.15) is 0 Å². The SMILES string of the molecule is CC1(NCC(/C(N)=N/O)c2ccccc2)CC1. The molecule has 0 amide bonds. The molecule has 0 saturated heterocycles. The van der Waals surface area contributed by atoms with Gasteiger partial charge < -0.3 is 16.3 Å². The number of oxime groups is 1. The molecule has 1 aromatic carbocycles. The van der Waals surface area contributed by atoms with Crippen LogP contribution in [-0.4, -0.2) is 23.1 Å². The van der Waals surface area contributed by atoms with Gasteiger partial charge in [-0.25, -0.2) is 0 Å². The molecule has 1 saturated carbocycles. The number of benzene rings is 1. The predicted octanol–water partition coefficient (Wildman–Crippen LogP) is 1.66. The Morgan fingerprint density at radius 1 is 1.47 bits per heavy atom. The maximum atomic E-state index is 8.85. The van der Waals surface area contributed by atoms with E-state index in [1.807, 2.05) is 30.3 Å². The molecule has 92 valence electrons. The van der Waals surface area contributed by atoms with Crippen LogP contribution in [0, 0.1) is 0 Å². The highest BCUT2D eigenvalue weighted by Gasteiger charge is 2.37. The summed E-state index contributed by atoms with van der Waals surface area (Å²) < 4.78 is 0. The summed E-state index contributed by atoms with van der Waals surface area (Å²) in [5, 5.41) is 15.5. The van der Waals surface area contributed by atoms with E-state index in [0.717, 1.165) is 5.56 Å². The van der Waals surface area contributed by atoms with Crippen LogP contribution in [0.25, 0.3) is 0 Å². The lowest BCUT2D eigenvalue weighted by Gasteiger charge is -2.19. The topological polar surface area (TPSA) is 70.6 Å². The Morgan fingerprint density at radius 2 is 2.12 bits per heavy atom. The minimum atomic E-state index is -0.0707. The Labute approximate surface area is 102 Å². The third-order valence-corrected chi connectivity index (χ3v) is 3.41. The van der Waals surface area contributed by atoms with Crippen LogP contribution in [0.3, 0.4) is 0 Å². The van der Waals surface area contributed by atoms with Crippen molar-refractivity contribution in [1.29, 1.82) is 0 Å². The largest absolute Gasteiger partial charge is 0.409 e. The van der Waals surface area contributed by atoms with Gasteiger partial charge in [-0.05, 0) is 25.3 Å². The van der Waals surface area contributed by atoms with E-state index >= 15 is 0 Å². The highest BCUT2D eigenvalue weighted by Crippen LogP contribution is 2.34. The molecule has 0 aromatic heterocycles. The van der Waals surface area contributed by atoms with E-state index in [2.05, 4.69) is 17.4 Å². The molecule has 0 spiro atoms. The standard InChI is InChI=1S/C13H19N3O/c1-13(7-8-13)15-9-11(12(14)16-17)10-5-3-2-4-6-10/h2-6,11,15,17H,7-9H2,1H3,(H2,14,16). The fourth-order valence-electron chi connectivity index (χ4n) is 1.86. The number of nitrogens with zero attached hydrogens (tertiary/aromatic N) is 1. The lowest BCUT2D eigenvalue weighted by molar-refractivity contribution is 0.315. The van der Waals surface area contributed by atoms with Gasteiger partial charge >= 0.3 is 0 Å². The summed E-state index contributed by atoms with van der Waals surface area (Å²) in [6.45, 7) is 2.90. The summed E-state index contributed by atoms with van der Waals surface area (Å²) in [5.41, 5.74) is 7.08. The monoisotopic (exact) mass is 233 g/mol. The van der Waals surface area contributed by atoms with Crippen molar-refractivity contribution in [1.82, 2.24) is 5.32 Å². The van der Waals surface area contributed by atoms with Crippen molar-refractivity contribution < 1.29 is 5.21 Å². The molecule has 17 heavy (non-hydrogen) atoms. The summed E-state index contributed by atoms with van der Waals surface area (Å²) in [4.78, 5) is 0. The van der Waals surface area contributed by atoms with Gasteiger partial charge in [0.2, 0.25) is 0 Å². The molecule has 0 aliphatic heterocycles. The number of nitrogens with two attached hydrogens (primary N) is 1. The molecule has 1 fully saturated rings. The first-order valence-corrected chi connectivity index (χ1v) is 5.92. The first-order chi connectivity index (χ1) is 8.14.